The number of alkyl carbamates (subject to hydrolysis) is 1. The molecule has 0 spiro atoms. The van der Waals surface area contributed by atoms with Crippen LogP contribution in [0.15, 0.2) is 11.6 Å². The standard InChI is InChI=1S/C14H25NO3/c1-10(2)8-7-9-11(3)12(16)15-13(17)18-14(4,5)6/h8,11H,7,9H2,1-6H3,(H,15,16,17). The number of rotatable bonds is 4. The summed E-state index contributed by atoms with van der Waals surface area (Å²) >= 11 is 0. The summed E-state index contributed by atoms with van der Waals surface area (Å²) in [7, 11) is 0. The van der Waals surface area contributed by atoms with Gasteiger partial charge in [-0.05, 0) is 47.5 Å². The van der Waals surface area contributed by atoms with E-state index >= 15 is 0 Å². The number of ether oxygens (including phenoxy) is 1. The van der Waals surface area contributed by atoms with Crippen LogP contribution in [0.4, 0.5) is 4.79 Å². The van der Waals surface area contributed by atoms with Crippen LogP contribution in [0.3, 0.4) is 0 Å². The molecule has 1 N–H and O–H groups in total. The van der Waals surface area contributed by atoms with E-state index in [1.54, 1.807) is 27.7 Å². The highest BCUT2D eigenvalue weighted by Crippen LogP contribution is 2.10. The number of nitrogens with one attached hydrogen (secondary N) is 1. The zero-order chi connectivity index (χ0) is 14.3. The number of carbonyl (C=O) groups is 2. The Morgan fingerprint density at radius 2 is 1.83 bits per heavy atom. The van der Waals surface area contributed by atoms with Gasteiger partial charge in [-0.3, -0.25) is 10.1 Å². The quantitative estimate of drug-likeness (QED) is 0.783. The van der Waals surface area contributed by atoms with Crippen LogP contribution in [-0.4, -0.2) is 17.6 Å². The lowest BCUT2D eigenvalue weighted by Gasteiger charge is -2.20. The maximum absolute atomic E-state index is 11.7. The van der Waals surface area contributed by atoms with Crippen molar-refractivity contribution in [3.05, 3.63) is 11.6 Å². The van der Waals surface area contributed by atoms with E-state index in [1.165, 1.54) is 5.57 Å². The van der Waals surface area contributed by atoms with Gasteiger partial charge in [0.1, 0.15) is 5.60 Å². The fourth-order valence-corrected chi connectivity index (χ4v) is 1.28. The van der Waals surface area contributed by atoms with E-state index in [0.717, 1.165) is 12.8 Å². The van der Waals surface area contributed by atoms with Crippen molar-refractivity contribution in [2.45, 2.75) is 60.0 Å². The van der Waals surface area contributed by atoms with E-state index in [0.29, 0.717) is 0 Å². The van der Waals surface area contributed by atoms with Crippen molar-refractivity contribution in [1.29, 1.82) is 0 Å². The van der Waals surface area contributed by atoms with E-state index < -0.39 is 11.7 Å². The Balaban J connectivity index is 4.08. The molecule has 1 unspecified atom stereocenters. The number of allylic oxidation sites excluding steroid dienone is 2. The van der Waals surface area contributed by atoms with Crippen molar-refractivity contribution in [2.24, 2.45) is 5.92 Å². The lowest BCUT2D eigenvalue weighted by Crippen LogP contribution is -2.38. The molecule has 0 aliphatic carbocycles. The lowest BCUT2D eigenvalue weighted by atomic mass is 10.0. The summed E-state index contributed by atoms with van der Waals surface area (Å²) in [5.41, 5.74) is 0.644. The third kappa shape index (κ3) is 8.79. The molecule has 0 radical (unpaired) electrons. The predicted octanol–water partition coefficient (Wildman–Crippen LogP) is 3.42. The molecule has 1 atom stereocenters. The van der Waals surface area contributed by atoms with Gasteiger partial charge in [0, 0.05) is 5.92 Å². The Labute approximate surface area is 110 Å². The molecule has 0 aliphatic rings. The fourth-order valence-electron chi connectivity index (χ4n) is 1.28. The summed E-state index contributed by atoms with van der Waals surface area (Å²) in [6, 6.07) is 0. The first-order valence-corrected chi connectivity index (χ1v) is 6.29. The SMILES string of the molecule is CC(C)=CCCC(C)C(=O)NC(=O)OC(C)(C)C. The summed E-state index contributed by atoms with van der Waals surface area (Å²) in [5.74, 6) is -0.487. The van der Waals surface area contributed by atoms with Crippen LogP contribution in [0, 0.1) is 5.92 Å². The third-order valence-electron chi connectivity index (χ3n) is 2.22. The first kappa shape index (κ1) is 16.7. The summed E-state index contributed by atoms with van der Waals surface area (Å²) in [6.07, 6.45) is 2.96. The number of carbonyl (C=O) groups excluding carboxylic acids is 2. The monoisotopic (exact) mass is 255 g/mol. The van der Waals surface area contributed by atoms with Crippen molar-refractivity contribution in [1.82, 2.24) is 5.32 Å². The average molecular weight is 255 g/mol. The Morgan fingerprint density at radius 1 is 1.28 bits per heavy atom. The number of hydrogen-bond acceptors (Lipinski definition) is 3. The highest BCUT2D eigenvalue weighted by molar-refractivity contribution is 5.92. The van der Waals surface area contributed by atoms with Gasteiger partial charge in [-0.1, -0.05) is 18.6 Å². The van der Waals surface area contributed by atoms with E-state index in [4.69, 9.17) is 4.74 Å². The molecule has 0 bridgehead atoms. The summed E-state index contributed by atoms with van der Waals surface area (Å²) in [4.78, 5) is 23.1. The van der Waals surface area contributed by atoms with Crippen LogP contribution in [0.25, 0.3) is 0 Å². The molecular formula is C14H25NO3. The van der Waals surface area contributed by atoms with Gasteiger partial charge < -0.3 is 4.74 Å². The van der Waals surface area contributed by atoms with Crippen LogP contribution < -0.4 is 5.32 Å². The van der Waals surface area contributed by atoms with Crippen molar-refractivity contribution in [3.8, 4) is 0 Å². The molecule has 0 aromatic heterocycles. The lowest BCUT2D eigenvalue weighted by molar-refractivity contribution is -0.124. The van der Waals surface area contributed by atoms with Gasteiger partial charge in [-0.2, -0.15) is 0 Å². The number of amides is 2. The van der Waals surface area contributed by atoms with E-state index in [-0.39, 0.29) is 11.8 Å². The average Bonchev–Trinajstić information content (AvgIpc) is 2.13. The van der Waals surface area contributed by atoms with Crippen molar-refractivity contribution in [3.63, 3.8) is 0 Å². The van der Waals surface area contributed by atoms with Crippen LogP contribution in [0.1, 0.15) is 54.4 Å². The third-order valence-corrected chi connectivity index (χ3v) is 2.22. The van der Waals surface area contributed by atoms with Crippen LogP contribution >= 0.6 is 0 Å². The summed E-state index contributed by atoms with van der Waals surface area (Å²) in [6.45, 7) is 11.1. The zero-order valence-corrected chi connectivity index (χ0v) is 12.3. The molecule has 0 aromatic rings. The minimum absolute atomic E-state index is 0.201. The van der Waals surface area contributed by atoms with E-state index in [1.807, 2.05) is 13.8 Å². The van der Waals surface area contributed by atoms with Gasteiger partial charge in [0.15, 0.2) is 0 Å². The molecule has 0 fully saturated rings. The Hall–Kier alpha value is -1.32. The molecule has 4 nitrogen and oxygen atoms in total. The van der Waals surface area contributed by atoms with E-state index in [9.17, 15) is 9.59 Å². The first-order valence-electron chi connectivity index (χ1n) is 6.29. The molecule has 0 aromatic carbocycles. The second-order valence-electron chi connectivity index (χ2n) is 5.75. The largest absolute Gasteiger partial charge is 0.444 e. The molecule has 18 heavy (non-hydrogen) atoms. The molecule has 0 saturated carbocycles. The predicted molar refractivity (Wildman–Crippen MR) is 72.2 cm³/mol. The Morgan fingerprint density at radius 3 is 2.28 bits per heavy atom. The van der Waals surface area contributed by atoms with Crippen LogP contribution in [-0.2, 0) is 9.53 Å². The van der Waals surface area contributed by atoms with Crippen LogP contribution in [0.5, 0.6) is 0 Å². The highest BCUT2D eigenvalue weighted by Gasteiger charge is 2.20. The topological polar surface area (TPSA) is 55.4 Å². The van der Waals surface area contributed by atoms with Crippen molar-refractivity contribution >= 4 is 12.0 Å². The molecular weight excluding hydrogens is 230 g/mol. The first-order chi connectivity index (χ1) is 8.11. The van der Waals surface area contributed by atoms with Gasteiger partial charge in [-0.25, -0.2) is 4.79 Å². The smallest absolute Gasteiger partial charge is 0.414 e. The maximum Gasteiger partial charge on any atom is 0.414 e. The molecule has 2 amide bonds. The van der Waals surface area contributed by atoms with Gasteiger partial charge in [0.25, 0.3) is 0 Å². The van der Waals surface area contributed by atoms with Crippen molar-refractivity contribution < 1.29 is 14.3 Å². The molecule has 0 saturated heterocycles. The fraction of sp³-hybridized carbons (Fsp3) is 0.714. The zero-order valence-electron chi connectivity index (χ0n) is 12.3. The molecule has 104 valence electrons. The normalized spacial score (nSPS) is 12.6. The highest BCUT2D eigenvalue weighted by atomic mass is 16.6. The van der Waals surface area contributed by atoms with Crippen LogP contribution in [0.2, 0.25) is 0 Å². The second kappa shape index (κ2) is 7.19. The molecule has 0 rings (SSSR count). The second-order valence-corrected chi connectivity index (χ2v) is 5.75. The molecule has 0 heterocycles. The van der Waals surface area contributed by atoms with Gasteiger partial charge in [-0.15, -0.1) is 0 Å². The Bertz CT molecular complexity index is 322. The summed E-state index contributed by atoms with van der Waals surface area (Å²) < 4.78 is 5.02. The maximum atomic E-state index is 11.7. The summed E-state index contributed by atoms with van der Waals surface area (Å²) in [5, 5.41) is 2.25. The van der Waals surface area contributed by atoms with Gasteiger partial charge >= 0.3 is 6.09 Å². The Kier molecular flexibility index (Phi) is 6.66. The minimum atomic E-state index is -0.679. The molecule has 4 heteroatoms. The minimum Gasteiger partial charge on any atom is -0.444 e. The number of hydrogen-bond donors (Lipinski definition) is 1. The molecule has 0 aliphatic heterocycles. The van der Waals surface area contributed by atoms with Gasteiger partial charge in [0.05, 0.1) is 0 Å². The van der Waals surface area contributed by atoms with Crippen molar-refractivity contribution in [2.75, 3.05) is 0 Å². The number of imide groups is 1. The van der Waals surface area contributed by atoms with Gasteiger partial charge in [0.2, 0.25) is 5.91 Å². The van der Waals surface area contributed by atoms with E-state index in [2.05, 4.69) is 11.4 Å².